The highest BCUT2D eigenvalue weighted by atomic mass is 19.4. The number of hydrogen-bond donors (Lipinski definition) is 2. The van der Waals surface area contributed by atoms with Gasteiger partial charge in [0.05, 0.1) is 5.56 Å². The number of aromatic carboxylic acids is 1. The molecule has 0 amide bonds. The summed E-state index contributed by atoms with van der Waals surface area (Å²) in [6.07, 6.45) is -5.74. The second-order valence-corrected chi connectivity index (χ2v) is 3.77. The Hall–Kier alpha value is -1.86. The summed E-state index contributed by atoms with van der Waals surface area (Å²) >= 11 is 0. The fourth-order valence-electron chi connectivity index (χ4n) is 1.37. The molecule has 0 bridgehead atoms. The van der Waals surface area contributed by atoms with Gasteiger partial charge >= 0.3 is 12.1 Å². The number of alkyl halides is 3. The van der Waals surface area contributed by atoms with Crippen LogP contribution in [0.1, 0.15) is 23.2 Å². The number of benzene rings is 1. The molecule has 2 N–H and O–H groups in total. The highest BCUT2D eigenvalue weighted by Crippen LogP contribution is 2.23. The van der Waals surface area contributed by atoms with Crippen LogP contribution in [0.15, 0.2) is 12.1 Å². The molecule has 0 saturated heterocycles. The van der Waals surface area contributed by atoms with Crippen molar-refractivity contribution in [2.45, 2.75) is 19.0 Å². The molecule has 0 heterocycles. The maximum absolute atomic E-state index is 13.3. The van der Waals surface area contributed by atoms with Crippen LogP contribution in [-0.2, 0) is 0 Å². The first-order chi connectivity index (χ1) is 8.70. The number of rotatable bonds is 5. The molecule has 0 aliphatic rings. The van der Waals surface area contributed by atoms with Gasteiger partial charge in [0.2, 0.25) is 0 Å². The molecule has 0 aliphatic heterocycles. The summed E-state index contributed by atoms with van der Waals surface area (Å²) < 4.78 is 62.2. The van der Waals surface area contributed by atoms with Gasteiger partial charge in [-0.05, 0) is 18.6 Å². The van der Waals surface area contributed by atoms with E-state index in [-0.39, 0.29) is 13.0 Å². The van der Waals surface area contributed by atoms with Gasteiger partial charge in [0.15, 0.2) is 0 Å². The van der Waals surface area contributed by atoms with E-state index in [1.165, 1.54) is 0 Å². The molecule has 0 radical (unpaired) electrons. The van der Waals surface area contributed by atoms with Gasteiger partial charge in [0.25, 0.3) is 0 Å². The van der Waals surface area contributed by atoms with E-state index in [9.17, 15) is 26.7 Å². The van der Waals surface area contributed by atoms with Gasteiger partial charge in [-0.2, -0.15) is 13.2 Å². The van der Waals surface area contributed by atoms with E-state index in [2.05, 4.69) is 5.32 Å². The summed E-state index contributed by atoms with van der Waals surface area (Å²) in [6, 6.07) is 1.19. The van der Waals surface area contributed by atoms with Crippen LogP contribution in [-0.4, -0.2) is 23.8 Å². The van der Waals surface area contributed by atoms with Gasteiger partial charge in [-0.25, -0.2) is 13.6 Å². The number of carboxylic acid groups (broad SMARTS) is 1. The molecule has 0 spiro atoms. The van der Waals surface area contributed by atoms with Gasteiger partial charge in [-0.1, -0.05) is 0 Å². The minimum absolute atomic E-state index is 0.278. The topological polar surface area (TPSA) is 49.3 Å². The van der Waals surface area contributed by atoms with Crippen molar-refractivity contribution < 1.29 is 31.9 Å². The normalized spacial score (nSPS) is 11.4. The monoisotopic (exact) mass is 283 g/mol. The lowest BCUT2D eigenvalue weighted by molar-refractivity contribution is -0.134. The number of hydrogen-bond acceptors (Lipinski definition) is 2. The summed E-state index contributed by atoms with van der Waals surface area (Å²) in [5.41, 5.74) is -1.21. The SMILES string of the molecule is O=C(O)c1cc(F)c(NCCCC(F)(F)F)c(F)c1. The lowest BCUT2D eigenvalue weighted by Gasteiger charge is -2.10. The predicted octanol–water partition coefficient (Wildman–Crippen LogP) is 3.42. The smallest absolute Gasteiger partial charge is 0.389 e. The Balaban J connectivity index is 2.67. The Morgan fingerprint density at radius 1 is 1.21 bits per heavy atom. The third-order valence-electron chi connectivity index (χ3n) is 2.23. The molecule has 0 unspecified atom stereocenters. The summed E-state index contributed by atoms with van der Waals surface area (Å²) in [5.74, 6) is -3.82. The molecule has 0 aromatic heterocycles. The highest BCUT2D eigenvalue weighted by Gasteiger charge is 2.26. The van der Waals surface area contributed by atoms with E-state index in [1.54, 1.807) is 0 Å². The van der Waals surface area contributed by atoms with Crippen molar-refractivity contribution >= 4 is 11.7 Å². The van der Waals surface area contributed by atoms with Crippen LogP contribution in [0.25, 0.3) is 0 Å². The molecule has 0 atom stereocenters. The average Bonchev–Trinajstić information content (AvgIpc) is 2.25. The molecule has 106 valence electrons. The fraction of sp³-hybridized carbons (Fsp3) is 0.364. The lowest BCUT2D eigenvalue weighted by Crippen LogP contribution is -2.12. The third-order valence-corrected chi connectivity index (χ3v) is 2.23. The van der Waals surface area contributed by atoms with Crippen LogP contribution in [0.3, 0.4) is 0 Å². The maximum Gasteiger partial charge on any atom is 0.389 e. The van der Waals surface area contributed by atoms with Crippen LogP contribution in [0.4, 0.5) is 27.6 Å². The van der Waals surface area contributed by atoms with E-state index < -0.39 is 41.5 Å². The van der Waals surface area contributed by atoms with Crippen molar-refractivity contribution in [3.63, 3.8) is 0 Å². The van der Waals surface area contributed by atoms with Crippen molar-refractivity contribution in [3.05, 3.63) is 29.3 Å². The standard InChI is InChI=1S/C11H10F5NO2/c12-7-4-6(10(18)19)5-8(13)9(7)17-3-1-2-11(14,15)16/h4-5,17H,1-3H2,(H,18,19). The van der Waals surface area contributed by atoms with Crippen LogP contribution in [0, 0.1) is 11.6 Å². The second kappa shape index (κ2) is 5.85. The molecule has 1 aromatic rings. The van der Waals surface area contributed by atoms with Crippen molar-refractivity contribution in [2.75, 3.05) is 11.9 Å². The fourth-order valence-corrected chi connectivity index (χ4v) is 1.37. The van der Waals surface area contributed by atoms with Crippen LogP contribution in [0.2, 0.25) is 0 Å². The Morgan fingerprint density at radius 2 is 1.74 bits per heavy atom. The molecule has 3 nitrogen and oxygen atoms in total. The zero-order valence-corrected chi connectivity index (χ0v) is 9.52. The van der Waals surface area contributed by atoms with Gasteiger partial charge in [-0.15, -0.1) is 0 Å². The molecular formula is C11H10F5NO2. The first-order valence-electron chi connectivity index (χ1n) is 5.23. The van der Waals surface area contributed by atoms with E-state index in [4.69, 9.17) is 5.11 Å². The number of halogens is 5. The number of nitrogens with one attached hydrogen (secondary N) is 1. The van der Waals surface area contributed by atoms with Crippen LogP contribution in [0.5, 0.6) is 0 Å². The summed E-state index contributed by atoms with van der Waals surface area (Å²) in [7, 11) is 0. The first kappa shape index (κ1) is 15.2. The van der Waals surface area contributed by atoms with Crippen molar-refractivity contribution in [3.8, 4) is 0 Å². The minimum Gasteiger partial charge on any atom is -0.478 e. The predicted molar refractivity (Wildman–Crippen MR) is 57.1 cm³/mol. The minimum atomic E-state index is -4.33. The van der Waals surface area contributed by atoms with Crippen molar-refractivity contribution in [1.29, 1.82) is 0 Å². The van der Waals surface area contributed by atoms with Crippen molar-refractivity contribution in [2.24, 2.45) is 0 Å². The molecule has 0 saturated carbocycles. The van der Waals surface area contributed by atoms with E-state index in [1.807, 2.05) is 0 Å². The summed E-state index contributed by atoms with van der Waals surface area (Å²) in [4.78, 5) is 10.5. The molecule has 8 heteroatoms. The van der Waals surface area contributed by atoms with Crippen LogP contribution < -0.4 is 5.32 Å². The van der Waals surface area contributed by atoms with Crippen LogP contribution >= 0.6 is 0 Å². The molecule has 0 aliphatic carbocycles. The van der Waals surface area contributed by atoms with E-state index >= 15 is 0 Å². The van der Waals surface area contributed by atoms with E-state index in [0.717, 1.165) is 0 Å². The lowest BCUT2D eigenvalue weighted by atomic mass is 10.2. The Kier molecular flexibility index (Phi) is 4.68. The average molecular weight is 283 g/mol. The Labute approximate surface area is 105 Å². The quantitative estimate of drug-likeness (QED) is 0.643. The Bertz CT molecular complexity index is 450. The van der Waals surface area contributed by atoms with Crippen molar-refractivity contribution in [1.82, 2.24) is 0 Å². The zero-order chi connectivity index (χ0) is 14.6. The highest BCUT2D eigenvalue weighted by molar-refractivity contribution is 5.88. The molecule has 19 heavy (non-hydrogen) atoms. The third kappa shape index (κ3) is 4.72. The first-order valence-corrected chi connectivity index (χ1v) is 5.23. The van der Waals surface area contributed by atoms with Gasteiger partial charge in [0.1, 0.15) is 17.3 Å². The number of carboxylic acids is 1. The second-order valence-electron chi connectivity index (χ2n) is 3.77. The maximum atomic E-state index is 13.3. The van der Waals surface area contributed by atoms with E-state index in [0.29, 0.717) is 12.1 Å². The Morgan fingerprint density at radius 3 is 2.16 bits per heavy atom. The number of anilines is 1. The van der Waals surface area contributed by atoms with Gasteiger partial charge in [-0.3, -0.25) is 0 Å². The number of carbonyl (C=O) groups is 1. The molecule has 1 aromatic carbocycles. The summed E-state index contributed by atoms with van der Waals surface area (Å²) in [6.45, 7) is -0.278. The zero-order valence-electron chi connectivity index (χ0n) is 9.52. The molecular weight excluding hydrogens is 273 g/mol. The largest absolute Gasteiger partial charge is 0.478 e. The van der Waals surface area contributed by atoms with Gasteiger partial charge in [0, 0.05) is 13.0 Å². The van der Waals surface area contributed by atoms with Gasteiger partial charge < -0.3 is 10.4 Å². The molecule has 1 rings (SSSR count). The molecule has 0 fully saturated rings. The summed E-state index contributed by atoms with van der Waals surface area (Å²) in [5, 5.41) is 10.7.